The molecule has 0 aliphatic carbocycles. The minimum absolute atomic E-state index is 0.363. The molecule has 0 atom stereocenters. The Morgan fingerprint density at radius 2 is 1.89 bits per heavy atom. The van der Waals surface area contributed by atoms with Gasteiger partial charge in [-0.2, -0.15) is 5.26 Å². The van der Waals surface area contributed by atoms with Crippen molar-refractivity contribution in [2.45, 2.75) is 0 Å². The number of hydrogen-bond donors (Lipinski definition) is 1. The van der Waals surface area contributed by atoms with Gasteiger partial charge in [0, 0.05) is 16.7 Å². The fraction of sp³-hybridized carbons (Fsp3) is 0. The van der Waals surface area contributed by atoms with Crippen molar-refractivity contribution in [2.75, 3.05) is 0 Å². The van der Waals surface area contributed by atoms with E-state index >= 15 is 0 Å². The third-order valence-electron chi connectivity index (χ3n) is 2.43. The highest BCUT2D eigenvalue weighted by molar-refractivity contribution is 6.30. The number of nitrogens with two attached hydrogens (primary N) is 1. The molecule has 0 heterocycles. The molecule has 0 fully saturated rings. The maximum Gasteiger partial charge on any atom is 0.248 e. The number of benzene rings is 2. The second-order valence-corrected chi connectivity index (χ2v) is 4.18. The van der Waals surface area contributed by atoms with Crippen LogP contribution in [0.1, 0.15) is 15.9 Å². The number of nitrogens with zero attached hydrogens (tertiary/aromatic N) is 1. The minimum Gasteiger partial charge on any atom is -0.456 e. The van der Waals surface area contributed by atoms with Crippen LogP contribution < -0.4 is 10.5 Å². The van der Waals surface area contributed by atoms with Gasteiger partial charge in [0.15, 0.2) is 0 Å². The zero-order valence-corrected chi connectivity index (χ0v) is 10.5. The van der Waals surface area contributed by atoms with Crippen molar-refractivity contribution in [3.8, 4) is 17.6 Å². The van der Waals surface area contributed by atoms with E-state index in [4.69, 9.17) is 27.3 Å². The van der Waals surface area contributed by atoms with Gasteiger partial charge in [0.05, 0.1) is 5.56 Å². The average Bonchev–Trinajstić information content (AvgIpc) is 2.39. The lowest BCUT2D eigenvalue weighted by molar-refractivity contribution is 0.100. The van der Waals surface area contributed by atoms with Gasteiger partial charge >= 0.3 is 0 Å². The summed E-state index contributed by atoms with van der Waals surface area (Å²) in [7, 11) is 0. The van der Waals surface area contributed by atoms with Crippen LogP contribution in [0.3, 0.4) is 0 Å². The maximum absolute atomic E-state index is 10.9. The number of carbonyl (C=O) groups excluding carboxylic acids is 1. The number of halogens is 1. The van der Waals surface area contributed by atoms with Crippen LogP contribution in [0.4, 0.5) is 0 Å². The van der Waals surface area contributed by atoms with Gasteiger partial charge in [0.1, 0.15) is 17.6 Å². The van der Waals surface area contributed by atoms with Crippen molar-refractivity contribution >= 4 is 17.5 Å². The van der Waals surface area contributed by atoms with Crippen LogP contribution in [0.25, 0.3) is 0 Å². The molecule has 2 aromatic carbocycles. The molecule has 5 heteroatoms. The van der Waals surface area contributed by atoms with Crippen molar-refractivity contribution in [2.24, 2.45) is 5.73 Å². The monoisotopic (exact) mass is 272 g/mol. The fourth-order valence-electron chi connectivity index (χ4n) is 1.49. The lowest BCUT2D eigenvalue weighted by Gasteiger charge is -2.08. The Bertz CT molecular complexity index is 660. The number of primary amides is 1. The number of nitriles is 1. The SMILES string of the molecule is N#Cc1ccc(Cl)cc1Oc1ccc(C(N)=O)cc1. The van der Waals surface area contributed by atoms with Gasteiger partial charge in [0.25, 0.3) is 0 Å². The Balaban J connectivity index is 2.28. The van der Waals surface area contributed by atoms with Crippen LogP contribution in [-0.4, -0.2) is 5.91 Å². The first-order valence-electron chi connectivity index (χ1n) is 5.37. The van der Waals surface area contributed by atoms with E-state index in [1.165, 1.54) is 0 Å². The van der Waals surface area contributed by atoms with E-state index in [0.29, 0.717) is 27.6 Å². The van der Waals surface area contributed by atoms with E-state index < -0.39 is 5.91 Å². The zero-order valence-electron chi connectivity index (χ0n) is 9.76. The molecule has 2 aromatic rings. The highest BCUT2D eigenvalue weighted by Gasteiger charge is 2.06. The van der Waals surface area contributed by atoms with Gasteiger partial charge in [0.2, 0.25) is 5.91 Å². The molecule has 4 nitrogen and oxygen atoms in total. The first kappa shape index (κ1) is 12.9. The summed E-state index contributed by atoms with van der Waals surface area (Å²) in [5, 5.41) is 9.44. The standard InChI is InChI=1S/C14H9ClN2O2/c15-11-4-1-10(8-16)13(7-11)19-12-5-2-9(3-6-12)14(17)18/h1-7H,(H2,17,18). The van der Waals surface area contributed by atoms with Crippen LogP contribution in [0.15, 0.2) is 42.5 Å². The summed E-state index contributed by atoms with van der Waals surface area (Å²) >= 11 is 5.86. The maximum atomic E-state index is 10.9. The largest absolute Gasteiger partial charge is 0.456 e. The van der Waals surface area contributed by atoms with Crippen molar-refractivity contribution in [1.29, 1.82) is 5.26 Å². The Hall–Kier alpha value is -2.51. The summed E-state index contributed by atoms with van der Waals surface area (Å²) < 4.78 is 5.56. The molecule has 0 bridgehead atoms. The number of hydrogen-bond acceptors (Lipinski definition) is 3. The Morgan fingerprint density at radius 1 is 1.21 bits per heavy atom. The van der Waals surface area contributed by atoms with Crippen LogP contribution in [0.2, 0.25) is 5.02 Å². The van der Waals surface area contributed by atoms with E-state index in [0.717, 1.165) is 0 Å². The molecule has 0 spiro atoms. The third kappa shape index (κ3) is 3.03. The normalized spacial score (nSPS) is 9.68. The van der Waals surface area contributed by atoms with Gasteiger partial charge in [-0.3, -0.25) is 4.79 Å². The van der Waals surface area contributed by atoms with E-state index in [1.54, 1.807) is 42.5 Å². The summed E-state index contributed by atoms with van der Waals surface area (Å²) in [5.74, 6) is 0.345. The van der Waals surface area contributed by atoms with E-state index in [-0.39, 0.29) is 0 Å². The van der Waals surface area contributed by atoms with Gasteiger partial charge in [-0.1, -0.05) is 11.6 Å². The lowest BCUT2D eigenvalue weighted by Crippen LogP contribution is -2.10. The van der Waals surface area contributed by atoms with Gasteiger partial charge in [-0.05, 0) is 36.4 Å². The molecule has 94 valence electrons. The molecule has 0 aromatic heterocycles. The Morgan fingerprint density at radius 3 is 2.47 bits per heavy atom. The molecule has 0 saturated heterocycles. The van der Waals surface area contributed by atoms with Crippen molar-refractivity contribution in [3.63, 3.8) is 0 Å². The summed E-state index contributed by atoms with van der Waals surface area (Å²) in [6, 6.07) is 13.1. The quantitative estimate of drug-likeness (QED) is 0.933. The second kappa shape index (κ2) is 5.42. The molecular formula is C14H9ClN2O2. The Kier molecular flexibility index (Phi) is 3.69. The number of carbonyl (C=O) groups is 1. The summed E-state index contributed by atoms with van der Waals surface area (Å²) in [4.78, 5) is 10.9. The fourth-order valence-corrected chi connectivity index (χ4v) is 1.65. The van der Waals surface area contributed by atoms with Crippen LogP contribution in [-0.2, 0) is 0 Å². The molecule has 1 amide bonds. The van der Waals surface area contributed by atoms with Crippen molar-refractivity contribution < 1.29 is 9.53 Å². The third-order valence-corrected chi connectivity index (χ3v) is 2.67. The lowest BCUT2D eigenvalue weighted by atomic mass is 10.2. The molecule has 0 radical (unpaired) electrons. The predicted octanol–water partition coefficient (Wildman–Crippen LogP) is 3.10. The molecule has 0 unspecified atom stereocenters. The van der Waals surface area contributed by atoms with E-state index in [2.05, 4.69) is 0 Å². The van der Waals surface area contributed by atoms with Gasteiger partial charge in [-0.15, -0.1) is 0 Å². The van der Waals surface area contributed by atoms with Crippen LogP contribution in [0.5, 0.6) is 11.5 Å². The molecule has 0 aliphatic heterocycles. The van der Waals surface area contributed by atoms with Gasteiger partial charge in [-0.25, -0.2) is 0 Å². The molecule has 0 aliphatic rings. The molecule has 2 rings (SSSR count). The number of amides is 1. The van der Waals surface area contributed by atoms with E-state index in [1.807, 2.05) is 6.07 Å². The summed E-state index contributed by atoms with van der Waals surface area (Å²) in [5.41, 5.74) is 5.91. The van der Waals surface area contributed by atoms with Crippen molar-refractivity contribution in [3.05, 3.63) is 58.6 Å². The highest BCUT2D eigenvalue weighted by Crippen LogP contribution is 2.28. The first-order chi connectivity index (χ1) is 9.10. The predicted molar refractivity (Wildman–Crippen MR) is 71.2 cm³/mol. The summed E-state index contributed by atoms with van der Waals surface area (Å²) in [6.45, 7) is 0. The molecule has 0 saturated carbocycles. The van der Waals surface area contributed by atoms with E-state index in [9.17, 15) is 4.79 Å². The second-order valence-electron chi connectivity index (χ2n) is 3.74. The summed E-state index contributed by atoms with van der Waals surface area (Å²) in [6.07, 6.45) is 0. The number of ether oxygens (including phenoxy) is 1. The van der Waals surface area contributed by atoms with Crippen LogP contribution in [0, 0.1) is 11.3 Å². The smallest absolute Gasteiger partial charge is 0.248 e. The molecule has 2 N–H and O–H groups in total. The minimum atomic E-state index is -0.507. The van der Waals surface area contributed by atoms with Gasteiger partial charge < -0.3 is 10.5 Å². The first-order valence-corrected chi connectivity index (χ1v) is 5.75. The van der Waals surface area contributed by atoms with Crippen molar-refractivity contribution in [1.82, 2.24) is 0 Å². The Labute approximate surface area is 115 Å². The number of rotatable bonds is 3. The molecular weight excluding hydrogens is 264 g/mol. The topological polar surface area (TPSA) is 76.1 Å². The zero-order chi connectivity index (χ0) is 13.8. The van der Waals surface area contributed by atoms with Crippen LogP contribution >= 0.6 is 11.6 Å². The molecule has 19 heavy (non-hydrogen) atoms. The average molecular weight is 273 g/mol. The highest BCUT2D eigenvalue weighted by atomic mass is 35.5.